The molecule has 1 aliphatic carbocycles. The van der Waals surface area contributed by atoms with Crippen LogP contribution in [-0.2, 0) is 13.1 Å². The smallest absolute Gasteiger partial charge is 0.507 e. The van der Waals surface area contributed by atoms with Crippen LogP contribution in [0.2, 0.25) is 0 Å². The fourth-order valence-corrected chi connectivity index (χ4v) is 8.62. The van der Waals surface area contributed by atoms with Crippen molar-refractivity contribution in [3.8, 4) is 28.2 Å². The maximum absolute atomic E-state index is 13.8. The Balaban J connectivity index is -0.00000451. The number of phenolic OH excluding ortho intramolecular Hbond substituents is 1. The molecule has 0 atom stereocenters. The van der Waals surface area contributed by atoms with Crippen molar-refractivity contribution in [3.05, 3.63) is 97.7 Å². The predicted octanol–water partition coefficient (Wildman–Crippen LogP) is 0.948. The van der Waals surface area contributed by atoms with E-state index in [4.69, 9.17) is 4.42 Å². The maximum Gasteiger partial charge on any atom is 1.00 e. The molecule has 1 heterocycles. The molecule has 0 fully saturated rings. The van der Waals surface area contributed by atoms with Crippen LogP contribution in [0.25, 0.3) is 33.4 Å². The Morgan fingerprint density at radius 2 is 1.13 bits per heavy atom. The van der Waals surface area contributed by atoms with Crippen molar-refractivity contribution < 1.29 is 174 Å². The number of aromatic carboxylic acids is 1. The molecule has 2 N–H and O–H groups in total. The van der Waals surface area contributed by atoms with Crippen LogP contribution in [0, 0.1) is 22.3 Å². The number of carboxylic acid groups (broad SMARTS) is 1. The first-order valence-electron chi connectivity index (χ1n) is 17.2. The Morgan fingerprint density at radius 3 is 1.60 bits per heavy atom. The minimum absolute atomic E-state index is 0. The summed E-state index contributed by atoms with van der Waals surface area (Å²) in [6.07, 6.45) is 0. The van der Waals surface area contributed by atoms with Crippen molar-refractivity contribution in [3.63, 3.8) is 0 Å². The number of aromatic hydroxyl groups is 1. The molecule has 55 heavy (non-hydrogen) atoms. The summed E-state index contributed by atoms with van der Waals surface area (Å²) in [5.74, 6) is 7.56. The molecule has 0 amide bonds. The van der Waals surface area contributed by atoms with Gasteiger partial charge >= 0.3 is 160 Å². The largest absolute Gasteiger partial charge is 1.00 e. The molecule has 1 aliphatic heterocycles. The molecule has 0 spiro atoms. The first-order valence-corrected chi connectivity index (χ1v) is 21.8. The van der Waals surface area contributed by atoms with Crippen LogP contribution in [0.4, 0.5) is 0 Å². The number of carboxylic acids is 1. The number of nitrogens with zero attached hydrogens (tertiary/aromatic N) is 2. The quantitative estimate of drug-likeness (QED) is 0.0512. The van der Waals surface area contributed by atoms with E-state index in [2.05, 4.69) is 37.5 Å². The second-order valence-electron chi connectivity index (χ2n) is 11.5. The van der Waals surface area contributed by atoms with Crippen molar-refractivity contribution in [2.75, 3.05) is 72.2 Å². The monoisotopic (exact) mass is 904 g/mol. The Kier molecular flexibility index (Phi) is 38.5. The van der Waals surface area contributed by atoms with Crippen LogP contribution in [0.1, 0.15) is 49.2 Å². The molecule has 0 unspecified atom stereocenters. The van der Waals surface area contributed by atoms with Gasteiger partial charge in [0.05, 0.1) is 16.7 Å². The summed E-state index contributed by atoms with van der Waals surface area (Å²) in [5.41, 5.74) is 3.68. The van der Waals surface area contributed by atoms with Gasteiger partial charge in [-0.05, 0) is 58.9 Å². The third-order valence-corrected chi connectivity index (χ3v) is 11.9. The zero-order chi connectivity index (χ0) is 35.2. The Bertz CT molecular complexity index is 1680. The van der Waals surface area contributed by atoms with E-state index in [1.165, 1.54) is 0 Å². The van der Waals surface area contributed by atoms with Crippen LogP contribution in [-0.4, -0.2) is 98.2 Å². The first kappa shape index (κ1) is 61.9. The molecule has 0 saturated heterocycles. The van der Waals surface area contributed by atoms with Crippen molar-refractivity contribution in [2.45, 2.75) is 40.8 Å². The predicted molar refractivity (Wildman–Crippen MR) is 235 cm³/mol. The maximum atomic E-state index is 13.8. The van der Waals surface area contributed by atoms with Crippen LogP contribution in [0.3, 0.4) is 0 Å². The second-order valence-corrected chi connectivity index (χ2v) is 17.1. The van der Waals surface area contributed by atoms with Gasteiger partial charge in [0.2, 0.25) is 0 Å². The number of carbonyl (C=O) groups is 1. The number of hydrogen-bond donors (Lipinski definition) is 2. The number of benzene rings is 3. The zero-order valence-electron chi connectivity index (χ0n) is 35.2. The summed E-state index contributed by atoms with van der Waals surface area (Å²) in [6.45, 7) is 12.9. The number of hydrogen-bond acceptors (Lipinski definition) is 10. The van der Waals surface area contributed by atoms with E-state index >= 15 is 0 Å². The summed E-state index contributed by atoms with van der Waals surface area (Å²) in [5, 5.41) is 22.4. The number of phenols is 1. The summed E-state index contributed by atoms with van der Waals surface area (Å²) >= 11 is 7.54. The van der Waals surface area contributed by atoms with Crippen molar-refractivity contribution in [1.29, 1.82) is 0 Å². The molecular formula is C41H59K3N2O5S4. The van der Waals surface area contributed by atoms with E-state index in [-0.39, 0.29) is 193 Å². The molecule has 290 valence electrons. The minimum Gasteiger partial charge on any atom is -0.507 e. The van der Waals surface area contributed by atoms with Crippen molar-refractivity contribution >= 4 is 64.0 Å². The third-order valence-electron chi connectivity index (χ3n) is 8.41. The average molecular weight is 905 g/mol. The SMILES string of the molecule is CCSCCN(CCSCC)Cc1c2oc3c(CN(CCSCC)CCSCC)c(O)ccc3c(-c3ccccc3C(=O)O)c-2ccc1=O.[CH3-].[CH3-].[CH3-].[K+].[K+].[K+]. The number of thioether (sulfide) groups is 4. The van der Waals surface area contributed by atoms with E-state index in [1.54, 1.807) is 30.3 Å². The van der Waals surface area contributed by atoms with Gasteiger partial charge in [-0.3, -0.25) is 14.6 Å². The van der Waals surface area contributed by atoms with E-state index < -0.39 is 5.97 Å². The summed E-state index contributed by atoms with van der Waals surface area (Å²) in [4.78, 5) is 31.0. The molecule has 14 heteroatoms. The van der Waals surface area contributed by atoms with Gasteiger partial charge in [0, 0.05) is 78.8 Å². The fourth-order valence-electron chi connectivity index (χ4n) is 5.92. The summed E-state index contributed by atoms with van der Waals surface area (Å²) in [6, 6.07) is 13.9. The standard InChI is InChI=1S/C38H50N2O5S4.3CH3.3K/c1-5-46-21-17-39(18-22-47-6-2)25-31-33(41)15-13-29-35(27-11-9-10-12-28(27)38(43)44)30-14-16-34(42)32(37(30)45-36(29)31)26-40(19-23-48-7-3)20-24-49-8-4;;;;;;/h9-16,41H,5-8,17-26H2,1-4H3,(H,43,44);3*1H3;;;/q;3*-1;3*+1. The van der Waals surface area contributed by atoms with Gasteiger partial charge in [0.1, 0.15) is 17.1 Å². The topological polar surface area (TPSA) is 94.2 Å². The van der Waals surface area contributed by atoms with Crippen molar-refractivity contribution in [2.24, 2.45) is 0 Å². The average Bonchev–Trinajstić information content (AvgIpc) is 3.09. The molecule has 2 aliphatic rings. The van der Waals surface area contributed by atoms with Crippen LogP contribution < -0.4 is 160 Å². The molecule has 0 bridgehead atoms. The van der Waals surface area contributed by atoms with Crippen LogP contribution in [0.5, 0.6) is 5.75 Å². The molecule has 0 radical (unpaired) electrons. The summed E-state index contributed by atoms with van der Waals surface area (Å²) in [7, 11) is 0. The second kappa shape index (κ2) is 34.2. The van der Waals surface area contributed by atoms with Gasteiger partial charge in [0.15, 0.2) is 5.43 Å². The van der Waals surface area contributed by atoms with Gasteiger partial charge in [-0.1, -0.05) is 45.9 Å². The zero-order valence-corrected chi connectivity index (χ0v) is 47.8. The molecule has 0 aromatic heterocycles. The molecule has 4 rings (SSSR count). The Morgan fingerprint density at radius 1 is 0.655 bits per heavy atom. The molecule has 7 nitrogen and oxygen atoms in total. The number of rotatable bonds is 22. The molecular weight excluding hydrogens is 846 g/mol. The van der Waals surface area contributed by atoms with Gasteiger partial charge < -0.3 is 36.9 Å². The van der Waals surface area contributed by atoms with E-state index in [1.807, 2.05) is 65.2 Å². The molecule has 2 aromatic rings. The van der Waals surface area contributed by atoms with E-state index in [0.29, 0.717) is 57.6 Å². The van der Waals surface area contributed by atoms with Crippen molar-refractivity contribution in [1.82, 2.24) is 9.80 Å². The van der Waals surface area contributed by atoms with E-state index in [0.717, 1.165) is 72.2 Å². The molecule has 2 aromatic carbocycles. The fraction of sp³-hybridized carbons (Fsp3) is 0.439. The van der Waals surface area contributed by atoms with Gasteiger partial charge in [-0.15, -0.1) is 0 Å². The minimum atomic E-state index is -1.03. The normalized spacial score (nSPS) is 10.5. The first-order chi connectivity index (χ1) is 23.8. The summed E-state index contributed by atoms with van der Waals surface area (Å²) < 4.78 is 6.86. The number of fused-ring (bicyclic) bond motifs is 2. The Hall–Kier alpha value is 2.63. The van der Waals surface area contributed by atoms with Gasteiger partial charge in [0.25, 0.3) is 0 Å². The van der Waals surface area contributed by atoms with Gasteiger partial charge in [-0.2, -0.15) is 47.0 Å². The van der Waals surface area contributed by atoms with E-state index in [9.17, 15) is 19.8 Å². The molecule has 0 saturated carbocycles. The third kappa shape index (κ3) is 18.5. The van der Waals surface area contributed by atoms with Crippen LogP contribution >= 0.6 is 47.0 Å². The van der Waals surface area contributed by atoms with Gasteiger partial charge in [-0.25, -0.2) is 4.79 Å². The van der Waals surface area contributed by atoms with Crippen LogP contribution in [0.15, 0.2) is 57.7 Å². The Labute approximate surface area is 477 Å².